The third-order valence-electron chi connectivity index (χ3n) is 4.32. The lowest BCUT2D eigenvalue weighted by Crippen LogP contribution is -2.43. The zero-order valence-electron chi connectivity index (χ0n) is 14.2. The topological polar surface area (TPSA) is 58.6 Å². The molecule has 1 aromatic rings. The van der Waals surface area contributed by atoms with Gasteiger partial charge < -0.3 is 14.8 Å². The van der Waals surface area contributed by atoms with Crippen molar-refractivity contribution in [1.29, 1.82) is 0 Å². The first-order valence-corrected chi connectivity index (χ1v) is 11.0. The van der Waals surface area contributed by atoms with E-state index in [1.165, 1.54) is 0 Å². The summed E-state index contributed by atoms with van der Waals surface area (Å²) in [5.41, 5.74) is 1.98. The lowest BCUT2D eigenvalue weighted by atomic mass is 10.0. The van der Waals surface area contributed by atoms with Gasteiger partial charge in [-0.1, -0.05) is 42.8 Å². The van der Waals surface area contributed by atoms with Crippen molar-refractivity contribution in [3.63, 3.8) is 0 Å². The summed E-state index contributed by atoms with van der Waals surface area (Å²) >= 11 is 3.43. The minimum Gasteiger partial charge on any atom is -0.465 e. The summed E-state index contributed by atoms with van der Waals surface area (Å²) in [4.78, 5) is 11.1. The normalized spacial score (nSPS) is 13.8. The van der Waals surface area contributed by atoms with E-state index in [9.17, 15) is 4.79 Å². The predicted molar refractivity (Wildman–Crippen MR) is 95.9 cm³/mol. The molecule has 1 atom stereocenters. The molecule has 4 nitrogen and oxygen atoms in total. The summed E-state index contributed by atoms with van der Waals surface area (Å²) in [6.07, 6.45) is -1.04. The van der Waals surface area contributed by atoms with E-state index in [0.29, 0.717) is 6.61 Å². The SMILES string of the molecule is Cc1cc(Br)ccc1C(CO[Si](C)(C)C(C)(C)C)NC(=O)O. The van der Waals surface area contributed by atoms with E-state index in [0.717, 1.165) is 15.6 Å². The number of aryl methyl sites for hydroxylation is 1. The number of benzene rings is 1. The van der Waals surface area contributed by atoms with E-state index in [1.807, 2.05) is 25.1 Å². The van der Waals surface area contributed by atoms with Crippen molar-refractivity contribution >= 4 is 30.3 Å². The van der Waals surface area contributed by atoms with Crippen LogP contribution in [0.2, 0.25) is 18.1 Å². The van der Waals surface area contributed by atoms with Crippen molar-refractivity contribution in [2.24, 2.45) is 0 Å². The van der Waals surface area contributed by atoms with E-state index in [4.69, 9.17) is 9.53 Å². The van der Waals surface area contributed by atoms with E-state index >= 15 is 0 Å². The smallest absolute Gasteiger partial charge is 0.405 e. The number of rotatable bonds is 5. The van der Waals surface area contributed by atoms with Gasteiger partial charge in [-0.05, 0) is 48.3 Å². The highest BCUT2D eigenvalue weighted by Gasteiger charge is 2.37. The molecule has 1 amide bonds. The predicted octanol–water partition coefficient (Wildman–Crippen LogP) is 5.09. The Labute approximate surface area is 142 Å². The average molecular weight is 388 g/mol. The van der Waals surface area contributed by atoms with Crippen LogP contribution in [0.15, 0.2) is 22.7 Å². The molecule has 0 aliphatic rings. The Balaban J connectivity index is 2.97. The van der Waals surface area contributed by atoms with Crippen LogP contribution in [0.1, 0.15) is 37.9 Å². The molecule has 2 N–H and O–H groups in total. The van der Waals surface area contributed by atoms with Crippen molar-refractivity contribution < 1.29 is 14.3 Å². The maximum atomic E-state index is 11.1. The molecule has 124 valence electrons. The minimum absolute atomic E-state index is 0.0928. The van der Waals surface area contributed by atoms with Crippen LogP contribution in [0.4, 0.5) is 4.79 Å². The van der Waals surface area contributed by atoms with Gasteiger partial charge in [-0.25, -0.2) is 4.79 Å². The largest absolute Gasteiger partial charge is 0.465 e. The summed E-state index contributed by atoms with van der Waals surface area (Å²) in [5.74, 6) is 0. The van der Waals surface area contributed by atoms with Crippen LogP contribution in [0.25, 0.3) is 0 Å². The van der Waals surface area contributed by atoms with Crippen molar-refractivity contribution in [3.8, 4) is 0 Å². The number of nitrogens with one attached hydrogen (secondary N) is 1. The summed E-state index contributed by atoms with van der Waals surface area (Å²) < 4.78 is 7.18. The Kier molecular flexibility index (Phi) is 6.24. The van der Waals surface area contributed by atoms with Gasteiger partial charge in [-0.15, -0.1) is 0 Å². The number of hydrogen-bond donors (Lipinski definition) is 2. The standard InChI is InChI=1S/C16H26BrNO3Si/c1-11-9-12(17)7-8-13(11)14(18-15(19)20)10-21-22(5,6)16(2,3)4/h7-9,14,18H,10H2,1-6H3,(H,19,20). The van der Waals surface area contributed by atoms with Crippen LogP contribution < -0.4 is 5.32 Å². The highest BCUT2D eigenvalue weighted by Crippen LogP contribution is 2.37. The molecule has 0 aliphatic heterocycles. The molecule has 0 aromatic heterocycles. The minimum atomic E-state index is -1.92. The number of amides is 1. The molecule has 1 aromatic carbocycles. The molecule has 22 heavy (non-hydrogen) atoms. The lowest BCUT2D eigenvalue weighted by molar-refractivity contribution is 0.178. The number of carbonyl (C=O) groups is 1. The molecular weight excluding hydrogens is 362 g/mol. The van der Waals surface area contributed by atoms with Crippen molar-refractivity contribution in [2.45, 2.75) is 51.9 Å². The van der Waals surface area contributed by atoms with E-state index < -0.39 is 14.4 Å². The maximum absolute atomic E-state index is 11.1. The van der Waals surface area contributed by atoms with Gasteiger partial charge in [0.05, 0.1) is 12.6 Å². The first-order valence-electron chi connectivity index (χ1n) is 7.33. The van der Waals surface area contributed by atoms with Crippen LogP contribution in [0.5, 0.6) is 0 Å². The van der Waals surface area contributed by atoms with Gasteiger partial charge >= 0.3 is 6.09 Å². The summed E-state index contributed by atoms with van der Waals surface area (Å²) in [5, 5.41) is 11.8. The fraction of sp³-hybridized carbons (Fsp3) is 0.562. The van der Waals surface area contributed by atoms with Crippen LogP contribution in [0, 0.1) is 6.92 Å². The van der Waals surface area contributed by atoms with Gasteiger partial charge in [0.25, 0.3) is 0 Å². The van der Waals surface area contributed by atoms with Gasteiger partial charge in [0.2, 0.25) is 0 Å². The molecule has 0 spiro atoms. The molecular formula is C16H26BrNO3Si. The fourth-order valence-electron chi connectivity index (χ4n) is 1.90. The summed E-state index contributed by atoms with van der Waals surface area (Å²) in [6, 6.07) is 5.48. The summed E-state index contributed by atoms with van der Waals surface area (Å²) in [6.45, 7) is 13.2. The Bertz CT molecular complexity index is 541. The molecule has 0 heterocycles. The maximum Gasteiger partial charge on any atom is 0.405 e. The first-order chi connectivity index (χ1) is 9.94. The van der Waals surface area contributed by atoms with Crippen molar-refractivity contribution in [2.75, 3.05) is 6.61 Å². The monoisotopic (exact) mass is 387 g/mol. The molecule has 6 heteroatoms. The molecule has 0 aliphatic carbocycles. The second kappa shape index (κ2) is 7.15. The second-order valence-electron chi connectivity index (χ2n) is 7.07. The first kappa shape index (κ1) is 19.2. The second-order valence-corrected chi connectivity index (χ2v) is 12.8. The van der Waals surface area contributed by atoms with Crippen LogP contribution >= 0.6 is 15.9 Å². The van der Waals surface area contributed by atoms with Gasteiger partial charge in [0, 0.05) is 4.47 Å². The van der Waals surface area contributed by atoms with Crippen LogP contribution in [-0.4, -0.2) is 26.1 Å². The molecule has 1 rings (SSSR count). The Morgan fingerprint density at radius 3 is 2.45 bits per heavy atom. The zero-order valence-corrected chi connectivity index (χ0v) is 16.7. The van der Waals surface area contributed by atoms with E-state index in [2.05, 4.69) is 55.1 Å². The Morgan fingerprint density at radius 1 is 1.41 bits per heavy atom. The van der Waals surface area contributed by atoms with E-state index in [-0.39, 0.29) is 11.1 Å². The van der Waals surface area contributed by atoms with E-state index in [1.54, 1.807) is 0 Å². The van der Waals surface area contributed by atoms with Gasteiger partial charge in [-0.3, -0.25) is 0 Å². The quantitative estimate of drug-likeness (QED) is 0.691. The van der Waals surface area contributed by atoms with Crippen molar-refractivity contribution in [3.05, 3.63) is 33.8 Å². The molecule has 1 unspecified atom stereocenters. The van der Waals surface area contributed by atoms with Crippen LogP contribution in [0.3, 0.4) is 0 Å². The fourth-order valence-corrected chi connectivity index (χ4v) is 3.39. The number of carboxylic acid groups (broad SMARTS) is 1. The summed E-state index contributed by atoms with van der Waals surface area (Å²) in [7, 11) is -1.92. The highest BCUT2D eigenvalue weighted by molar-refractivity contribution is 9.10. The van der Waals surface area contributed by atoms with Gasteiger partial charge in [0.1, 0.15) is 0 Å². The van der Waals surface area contributed by atoms with Gasteiger partial charge in [-0.2, -0.15) is 0 Å². The third kappa shape index (κ3) is 5.10. The molecule has 0 radical (unpaired) electrons. The number of halogens is 1. The molecule has 0 saturated heterocycles. The highest BCUT2D eigenvalue weighted by atomic mass is 79.9. The average Bonchev–Trinajstić information content (AvgIpc) is 2.33. The zero-order chi connectivity index (χ0) is 17.1. The number of hydrogen-bond acceptors (Lipinski definition) is 2. The lowest BCUT2D eigenvalue weighted by Gasteiger charge is -2.37. The van der Waals surface area contributed by atoms with Crippen LogP contribution in [-0.2, 0) is 4.43 Å². The third-order valence-corrected chi connectivity index (χ3v) is 9.32. The molecule has 0 bridgehead atoms. The van der Waals surface area contributed by atoms with Gasteiger partial charge in [0.15, 0.2) is 8.32 Å². The Hall–Kier alpha value is -0.853. The van der Waals surface area contributed by atoms with Crippen molar-refractivity contribution in [1.82, 2.24) is 5.32 Å². The molecule has 0 saturated carbocycles. The Morgan fingerprint density at radius 2 is 2.00 bits per heavy atom. The molecule has 0 fully saturated rings.